The molecule has 5 rings (SSSR count). The van der Waals surface area contributed by atoms with Gasteiger partial charge in [0.15, 0.2) is 0 Å². The number of nitrogens with two attached hydrogens (primary N) is 1. The van der Waals surface area contributed by atoms with Gasteiger partial charge in [0.05, 0.1) is 17.2 Å². The van der Waals surface area contributed by atoms with Crippen LogP contribution in [0.15, 0.2) is 78.4 Å². The monoisotopic (exact) mass is 578 g/mol. The molecule has 6 nitrogen and oxygen atoms in total. The lowest BCUT2D eigenvalue weighted by atomic mass is 9.91. The molecule has 3 aromatic rings. The Kier molecular flexibility index (Phi) is 8.79. The highest BCUT2D eigenvalue weighted by molar-refractivity contribution is 6.32. The number of esters is 1. The van der Waals surface area contributed by atoms with Gasteiger partial charge in [-0.25, -0.2) is 4.79 Å². The van der Waals surface area contributed by atoms with Crippen molar-refractivity contribution in [2.24, 2.45) is 5.73 Å². The van der Waals surface area contributed by atoms with Crippen molar-refractivity contribution in [2.75, 3.05) is 19.7 Å². The molecule has 40 heavy (non-hydrogen) atoms. The molecule has 1 fully saturated rings. The third-order valence-electron chi connectivity index (χ3n) is 7.70. The Morgan fingerprint density at radius 2 is 1.62 bits per heavy atom. The van der Waals surface area contributed by atoms with Crippen LogP contribution in [0.1, 0.15) is 42.4 Å². The van der Waals surface area contributed by atoms with Gasteiger partial charge >= 0.3 is 5.97 Å². The molecular formula is C32H32Cl2N2O4. The highest BCUT2D eigenvalue weighted by atomic mass is 35.5. The molecule has 0 radical (unpaired) electrons. The van der Waals surface area contributed by atoms with E-state index in [0.717, 1.165) is 29.5 Å². The average molecular weight is 580 g/mol. The molecule has 1 heterocycles. The van der Waals surface area contributed by atoms with Gasteiger partial charge in [-0.1, -0.05) is 77.8 Å². The Balaban J connectivity index is 1.29. The third-order valence-corrected chi connectivity index (χ3v) is 8.38. The number of nitrogens with zero attached hydrogens (tertiary/aromatic N) is 1. The van der Waals surface area contributed by atoms with Crippen LogP contribution in [0.5, 0.6) is 5.75 Å². The molecule has 1 aliphatic heterocycles. The van der Waals surface area contributed by atoms with E-state index in [1.165, 1.54) is 5.56 Å². The van der Waals surface area contributed by atoms with Crippen LogP contribution in [0.4, 0.5) is 0 Å². The Bertz CT molecular complexity index is 1420. The molecule has 0 spiro atoms. The molecule has 2 aliphatic rings. The van der Waals surface area contributed by atoms with Crippen LogP contribution in [0.2, 0.25) is 10.0 Å². The van der Waals surface area contributed by atoms with Crippen LogP contribution in [0, 0.1) is 0 Å². The quantitative estimate of drug-likeness (QED) is 0.215. The molecule has 208 valence electrons. The standard InChI is InChI=1S/C32H32Cl2N2O4/c33-27-8-2-1-7-24(27)21-40-30(37)26-20-36(32(16-17-32)31(35)38)18-15-25(26)23-13-11-22(12-14-23)6-5-19-39-29-10-4-3-9-28(29)34/h1-4,7-14H,5-6,15-21H2,(H2,35,38). The van der Waals surface area contributed by atoms with Crippen LogP contribution in [0.25, 0.3) is 5.57 Å². The first-order valence-corrected chi connectivity index (χ1v) is 14.3. The number of ether oxygens (including phenoxy) is 2. The van der Waals surface area contributed by atoms with E-state index in [1.807, 2.05) is 47.4 Å². The van der Waals surface area contributed by atoms with E-state index < -0.39 is 11.5 Å². The number of benzene rings is 3. The van der Waals surface area contributed by atoms with E-state index in [9.17, 15) is 9.59 Å². The summed E-state index contributed by atoms with van der Waals surface area (Å²) in [4.78, 5) is 27.7. The fraction of sp³-hybridized carbons (Fsp3) is 0.312. The van der Waals surface area contributed by atoms with E-state index >= 15 is 0 Å². The van der Waals surface area contributed by atoms with Crippen molar-refractivity contribution in [3.8, 4) is 5.75 Å². The molecule has 1 aliphatic carbocycles. The first-order chi connectivity index (χ1) is 19.4. The molecule has 2 N–H and O–H groups in total. The van der Waals surface area contributed by atoms with E-state index in [-0.39, 0.29) is 12.5 Å². The van der Waals surface area contributed by atoms with Crippen LogP contribution in [-0.2, 0) is 27.4 Å². The van der Waals surface area contributed by atoms with Gasteiger partial charge in [0.2, 0.25) is 5.91 Å². The van der Waals surface area contributed by atoms with E-state index in [0.29, 0.717) is 60.3 Å². The number of hydrogen-bond acceptors (Lipinski definition) is 5. The zero-order chi connectivity index (χ0) is 28.1. The SMILES string of the molecule is NC(=O)C1(N2CCC(c3ccc(CCCOc4ccccc4Cl)cc3)=C(C(=O)OCc3ccccc3Cl)C2)CC1. The van der Waals surface area contributed by atoms with Gasteiger partial charge in [0.25, 0.3) is 0 Å². The molecule has 8 heteroatoms. The zero-order valence-corrected chi connectivity index (χ0v) is 23.7. The van der Waals surface area contributed by atoms with Crippen LogP contribution < -0.4 is 10.5 Å². The van der Waals surface area contributed by atoms with Crippen LogP contribution >= 0.6 is 23.2 Å². The van der Waals surface area contributed by atoms with Gasteiger partial charge in [-0.15, -0.1) is 0 Å². The largest absolute Gasteiger partial charge is 0.492 e. The summed E-state index contributed by atoms with van der Waals surface area (Å²) in [6.45, 7) is 1.61. The van der Waals surface area contributed by atoms with Crippen molar-refractivity contribution < 1.29 is 19.1 Å². The number of rotatable bonds is 11. The van der Waals surface area contributed by atoms with Gasteiger partial charge in [-0.3, -0.25) is 9.69 Å². The maximum Gasteiger partial charge on any atom is 0.335 e. The molecule has 0 unspecified atom stereocenters. The highest BCUT2D eigenvalue weighted by Gasteiger charge is 2.54. The van der Waals surface area contributed by atoms with Gasteiger partial charge in [0, 0.05) is 23.7 Å². The Morgan fingerprint density at radius 3 is 2.30 bits per heavy atom. The summed E-state index contributed by atoms with van der Waals surface area (Å²) in [6, 6.07) is 23.0. The first kappa shape index (κ1) is 28.2. The molecule has 0 atom stereocenters. The minimum atomic E-state index is -0.657. The number of aryl methyl sites for hydroxylation is 1. The molecule has 0 saturated heterocycles. The highest BCUT2D eigenvalue weighted by Crippen LogP contribution is 2.44. The van der Waals surface area contributed by atoms with Crippen molar-refractivity contribution in [1.29, 1.82) is 0 Å². The lowest BCUT2D eigenvalue weighted by molar-refractivity contribution is -0.141. The van der Waals surface area contributed by atoms with Gasteiger partial charge in [-0.05, 0) is 67.0 Å². The number of carbonyl (C=O) groups is 2. The van der Waals surface area contributed by atoms with E-state index in [2.05, 4.69) is 24.3 Å². The Labute approximate surface area is 244 Å². The van der Waals surface area contributed by atoms with Crippen LogP contribution in [0.3, 0.4) is 0 Å². The number of carbonyl (C=O) groups excluding carboxylic acids is 2. The van der Waals surface area contributed by atoms with Gasteiger partial charge in [0.1, 0.15) is 17.9 Å². The second kappa shape index (κ2) is 12.5. The first-order valence-electron chi connectivity index (χ1n) is 13.5. The number of para-hydroxylation sites is 1. The lowest BCUT2D eigenvalue weighted by Crippen LogP contribution is -2.50. The number of halogens is 2. The van der Waals surface area contributed by atoms with Gasteiger partial charge in [-0.2, -0.15) is 0 Å². The summed E-state index contributed by atoms with van der Waals surface area (Å²) in [5.41, 5.74) is 9.49. The fourth-order valence-corrected chi connectivity index (χ4v) is 5.59. The molecule has 1 saturated carbocycles. The average Bonchev–Trinajstić information content (AvgIpc) is 3.78. The minimum absolute atomic E-state index is 0.0749. The summed E-state index contributed by atoms with van der Waals surface area (Å²) in [5.74, 6) is -0.0423. The molecule has 0 bridgehead atoms. The summed E-state index contributed by atoms with van der Waals surface area (Å²) in [7, 11) is 0. The van der Waals surface area contributed by atoms with Crippen molar-refractivity contribution in [2.45, 2.75) is 44.2 Å². The second-order valence-corrected chi connectivity index (χ2v) is 11.1. The second-order valence-electron chi connectivity index (χ2n) is 10.3. The van der Waals surface area contributed by atoms with Crippen molar-refractivity contribution in [3.63, 3.8) is 0 Å². The Hall–Kier alpha value is -3.32. The molecule has 1 amide bonds. The van der Waals surface area contributed by atoms with Crippen LogP contribution in [-0.4, -0.2) is 42.0 Å². The topological polar surface area (TPSA) is 81.9 Å². The lowest BCUT2D eigenvalue weighted by Gasteiger charge is -2.35. The number of hydrogen-bond donors (Lipinski definition) is 1. The van der Waals surface area contributed by atoms with E-state index in [4.69, 9.17) is 38.4 Å². The predicted molar refractivity (Wildman–Crippen MR) is 157 cm³/mol. The van der Waals surface area contributed by atoms with Gasteiger partial charge < -0.3 is 15.2 Å². The van der Waals surface area contributed by atoms with Crippen molar-refractivity contribution in [1.82, 2.24) is 4.90 Å². The Morgan fingerprint density at radius 1 is 0.925 bits per heavy atom. The smallest absolute Gasteiger partial charge is 0.335 e. The minimum Gasteiger partial charge on any atom is -0.492 e. The predicted octanol–water partition coefficient (Wildman–Crippen LogP) is 6.23. The van der Waals surface area contributed by atoms with Crippen molar-refractivity contribution in [3.05, 3.63) is 105 Å². The number of primary amides is 1. The summed E-state index contributed by atoms with van der Waals surface area (Å²) in [6.07, 6.45) is 3.75. The zero-order valence-electron chi connectivity index (χ0n) is 22.2. The third kappa shape index (κ3) is 6.35. The normalized spacial score (nSPS) is 16.4. The molecule has 0 aromatic heterocycles. The van der Waals surface area contributed by atoms with Crippen molar-refractivity contribution >= 4 is 40.7 Å². The number of amides is 1. The summed E-state index contributed by atoms with van der Waals surface area (Å²) < 4.78 is 11.5. The fourth-order valence-electron chi connectivity index (χ4n) is 5.21. The molecule has 3 aromatic carbocycles. The summed E-state index contributed by atoms with van der Waals surface area (Å²) in [5, 5.41) is 1.16. The maximum absolute atomic E-state index is 13.4. The molecular weight excluding hydrogens is 547 g/mol. The maximum atomic E-state index is 13.4. The summed E-state index contributed by atoms with van der Waals surface area (Å²) >= 11 is 12.4. The van der Waals surface area contributed by atoms with E-state index in [1.54, 1.807) is 6.07 Å².